The molecule has 0 fully saturated rings. The van der Waals surface area contributed by atoms with Crippen molar-refractivity contribution in [3.8, 4) is 0 Å². The van der Waals surface area contributed by atoms with Gasteiger partial charge in [-0.15, -0.1) is 0 Å². The van der Waals surface area contributed by atoms with Gasteiger partial charge in [-0.2, -0.15) is 7.82 Å². The van der Waals surface area contributed by atoms with E-state index in [0.717, 1.165) is 0 Å². The molecule has 0 aliphatic rings. The number of phosphoric acid groups is 1. The normalized spacial score (nSPS) is 9.75. The van der Waals surface area contributed by atoms with Gasteiger partial charge in [-0.05, 0) is 0 Å². The summed E-state index contributed by atoms with van der Waals surface area (Å²) in [6.07, 6.45) is 0. The Labute approximate surface area is 119 Å². The fourth-order valence-corrected chi connectivity index (χ4v) is 0. The van der Waals surface area contributed by atoms with Crippen LogP contribution in [0.2, 0.25) is 0 Å². The molecule has 0 bridgehead atoms. The molecule has 0 saturated carbocycles. The van der Waals surface area contributed by atoms with Gasteiger partial charge in [0.05, 0.1) is 0 Å². The molecule has 0 radical (unpaired) electrons. The summed E-state index contributed by atoms with van der Waals surface area (Å²) >= 11 is 0. The zero-order chi connectivity index (χ0) is 9.00. The Bertz CT molecular complexity index is 197. The van der Waals surface area contributed by atoms with Crippen LogP contribution in [0.5, 0.6) is 0 Å². The molecule has 0 spiro atoms. The third kappa shape index (κ3) is 342. The number of rotatable bonds is 0. The molecule has 12 heteroatoms. The van der Waals surface area contributed by atoms with Crippen molar-refractivity contribution < 1.29 is 36.8 Å². The van der Waals surface area contributed by atoms with Crippen LogP contribution in [0.25, 0.3) is 0 Å². The van der Waals surface area contributed by atoms with E-state index in [2.05, 4.69) is 0 Å². The zero-order valence-corrected chi connectivity index (χ0v) is 12.7. The predicted octanol–water partition coefficient (Wildman–Crippen LogP) is -4.92. The van der Waals surface area contributed by atoms with Gasteiger partial charge in [0.15, 0.2) is 0 Å². The molecule has 0 saturated heterocycles. The molecule has 0 aromatic carbocycles. The molecular weight excluding hydrogens is 355 g/mol. The van der Waals surface area contributed by atoms with Gasteiger partial charge in [0.25, 0.3) is 0 Å². The molecule has 0 atom stereocenters. The summed E-state index contributed by atoms with van der Waals surface area (Å²) in [5.41, 5.74) is 0. The second-order valence-corrected chi connectivity index (χ2v) is 2.57. The monoisotopic (exact) mass is 356 g/mol. The van der Waals surface area contributed by atoms with E-state index in [-0.39, 0.29) is 66.2 Å². The smallest absolute Gasteiger partial charge is 0.822 e. The third-order valence-corrected chi connectivity index (χ3v) is 0. The van der Waals surface area contributed by atoms with Crippen molar-refractivity contribution in [1.82, 2.24) is 0 Å². The minimum Gasteiger partial charge on any atom is -0.822 e. The van der Waals surface area contributed by atoms with Gasteiger partial charge in [-0.1, -0.05) is 0 Å². The second-order valence-electron chi connectivity index (χ2n) is 0.855. The van der Waals surface area contributed by atoms with Crippen LogP contribution in [0.15, 0.2) is 0 Å². The van der Waals surface area contributed by atoms with Gasteiger partial charge in [-0.3, -0.25) is 8.42 Å². The van der Waals surface area contributed by atoms with Crippen molar-refractivity contribution in [1.29, 1.82) is 0 Å². The minimum atomic E-state index is -5.39. The third-order valence-electron chi connectivity index (χ3n) is 0. The summed E-state index contributed by atoms with van der Waals surface area (Å²) in [6.45, 7) is 0. The van der Waals surface area contributed by atoms with Crippen molar-refractivity contribution in [3.05, 3.63) is 0 Å². The van der Waals surface area contributed by atoms with E-state index in [9.17, 15) is 0 Å². The van der Waals surface area contributed by atoms with Gasteiger partial charge in [0, 0.05) is 10.4 Å². The van der Waals surface area contributed by atoms with Crippen molar-refractivity contribution >= 4 is 84.5 Å². The first-order chi connectivity index (χ1) is 4.00. The summed E-state index contributed by atoms with van der Waals surface area (Å²) in [6, 6.07) is 0. The van der Waals surface area contributed by atoms with E-state index in [1.807, 2.05) is 0 Å². The van der Waals surface area contributed by atoms with Crippen molar-refractivity contribution in [3.63, 3.8) is 0 Å². The zero-order valence-electron chi connectivity index (χ0n) is 5.41. The maximum Gasteiger partial charge on any atom is 3.00 e. The van der Waals surface area contributed by atoms with E-state index >= 15 is 0 Å². The maximum atomic E-state index is 8.55. The summed E-state index contributed by atoms with van der Waals surface area (Å²) in [7, 11) is -10.6. The summed E-state index contributed by atoms with van der Waals surface area (Å²) in [5.74, 6) is 0. The van der Waals surface area contributed by atoms with Crippen LogP contribution in [0.4, 0.5) is 0 Å². The van der Waals surface area contributed by atoms with Crippen LogP contribution >= 0.6 is 7.82 Å². The molecule has 0 amide bonds. The van der Waals surface area contributed by atoms with Gasteiger partial charge in [0.1, 0.15) is 0 Å². The van der Waals surface area contributed by atoms with Crippen LogP contribution in [0.3, 0.4) is 0 Å². The Hall–Kier alpha value is 2.08. The Morgan fingerprint density at radius 1 is 1.00 bits per heavy atom. The molecule has 0 aliphatic heterocycles. The van der Waals surface area contributed by atoms with Crippen molar-refractivity contribution in [2.75, 3.05) is 0 Å². The van der Waals surface area contributed by atoms with Crippen LogP contribution < -0.4 is 14.7 Å². The Kier molecular flexibility index (Phi) is 19.0. The van der Waals surface area contributed by atoms with Gasteiger partial charge < -0.3 is 28.4 Å². The number of hydrogen-bond acceptors (Lipinski definition) is 8. The summed E-state index contributed by atoms with van der Waals surface area (Å²) in [4.78, 5) is 25.6. The average Bonchev–Trinajstić information content (AvgIpc) is 1.12. The molecule has 0 N–H and O–H groups in total. The first-order valence-electron chi connectivity index (χ1n) is 1.40. The van der Waals surface area contributed by atoms with Crippen LogP contribution in [0, 0.1) is 0 Å². The average molecular weight is 355 g/mol. The maximum absolute atomic E-state index is 8.55. The molecule has 12 heavy (non-hydrogen) atoms. The predicted molar refractivity (Wildman–Crippen MR) is 29.6 cm³/mol. The minimum absolute atomic E-state index is 0. The fourth-order valence-electron chi connectivity index (χ4n) is 0. The first-order valence-corrected chi connectivity index (χ1v) is 4.19. The molecule has 0 heterocycles. The summed E-state index contributed by atoms with van der Waals surface area (Å²) in [5, 5.41) is 0. The molecule has 8 nitrogen and oxygen atoms in total. The molecule has 64 valence electrons. The largest absolute Gasteiger partial charge is 3.00 e. The first kappa shape index (κ1) is 23.7. The van der Waals surface area contributed by atoms with E-state index in [0.29, 0.717) is 0 Å². The Morgan fingerprint density at radius 2 is 1.00 bits per heavy atom. The molecule has 0 unspecified atom stereocenters. The van der Waals surface area contributed by atoms with Gasteiger partial charge in [-0.25, -0.2) is 0 Å². The van der Waals surface area contributed by atoms with Crippen LogP contribution in [-0.2, 0) is 15.0 Å². The SMILES string of the molecule is O=P([O-])([O-])[O-].O=S(=O)([O-])[O-].[Al+3].[Ba+2]. The second kappa shape index (κ2) is 9.63. The molecule has 0 rings (SSSR count). The molecule has 0 aromatic heterocycles. The summed E-state index contributed by atoms with van der Waals surface area (Å²) < 4.78 is 42.6. The van der Waals surface area contributed by atoms with Crippen LogP contribution in [0.1, 0.15) is 0 Å². The Morgan fingerprint density at radius 3 is 1.00 bits per heavy atom. The molecule has 0 aliphatic carbocycles. The van der Waals surface area contributed by atoms with E-state index < -0.39 is 18.2 Å². The number of hydrogen-bond donors (Lipinski definition) is 0. The van der Waals surface area contributed by atoms with E-state index in [1.165, 1.54) is 0 Å². The standard InChI is InChI=1S/Al.Ba.H3O4P.H2O4S/c;;2*1-5(2,3)4/h;;(H3,1,2,3,4);(H2,1,2,3,4)/q+3;+2;;/p-5. The van der Waals surface area contributed by atoms with E-state index in [4.69, 9.17) is 36.8 Å². The van der Waals surface area contributed by atoms with Crippen molar-refractivity contribution in [2.24, 2.45) is 0 Å². The van der Waals surface area contributed by atoms with E-state index in [1.54, 1.807) is 0 Å². The van der Waals surface area contributed by atoms with Gasteiger partial charge in [0.2, 0.25) is 0 Å². The quantitative estimate of drug-likeness (QED) is 0.180. The van der Waals surface area contributed by atoms with Gasteiger partial charge >= 0.3 is 66.2 Å². The van der Waals surface area contributed by atoms with Crippen LogP contribution in [-0.4, -0.2) is 83.8 Å². The molecule has 0 aromatic rings. The molecular formula is AlBaO8PS. The Balaban J connectivity index is -0.0000000457. The topological polar surface area (TPSA) is 167 Å². The fraction of sp³-hybridized carbons (Fsp3) is 0. The van der Waals surface area contributed by atoms with Crippen molar-refractivity contribution in [2.45, 2.75) is 0 Å².